The minimum absolute atomic E-state index is 0.128. The van der Waals surface area contributed by atoms with Gasteiger partial charge in [-0.05, 0) is 12.5 Å². The van der Waals surface area contributed by atoms with E-state index in [9.17, 15) is 37.0 Å². The molecule has 0 aliphatic carbocycles. The molecule has 2 rings (SSSR count). The van der Waals surface area contributed by atoms with Crippen LogP contribution in [0.3, 0.4) is 0 Å². The second-order valence-electron chi connectivity index (χ2n) is 6.61. The van der Waals surface area contributed by atoms with E-state index in [1.54, 1.807) is 0 Å². The van der Waals surface area contributed by atoms with Crippen molar-refractivity contribution in [2.24, 2.45) is 5.11 Å². The molecule has 0 aromatic carbocycles. The molecule has 1 unspecified atom stereocenters. The Bertz CT molecular complexity index is 1230. The third kappa shape index (κ3) is 6.08. The molecule has 33 heavy (non-hydrogen) atoms. The molecule has 1 aromatic heterocycles. The molecule has 1 fully saturated rings. The molecule has 5 atom stereocenters. The number of aromatic nitrogens is 2. The van der Waals surface area contributed by atoms with Gasteiger partial charge in [0.05, 0.1) is 18.8 Å². The summed E-state index contributed by atoms with van der Waals surface area (Å²) >= 11 is 0. The van der Waals surface area contributed by atoms with Gasteiger partial charge in [-0.25, -0.2) is 9.11 Å². The van der Waals surface area contributed by atoms with Crippen molar-refractivity contribution in [1.82, 2.24) is 9.55 Å². The maximum absolute atomic E-state index is 13.5. The van der Waals surface area contributed by atoms with Crippen molar-refractivity contribution < 1.29 is 50.7 Å². The van der Waals surface area contributed by atoms with Crippen molar-refractivity contribution in [2.75, 3.05) is 6.61 Å². The summed E-state index contributed by atoms with van der Waals surface area (Å²) in [4.78, 5) is 54.3. The standard InChI is InChI=1S/C11H15BF2N5O11P3/c1-5-3-19(10(21)16-9(5)20)8-2-6(17-18-15)7(29-8)4-28-33(12,27)30-32(25,26)11(13,14)31(22,23)24/h3,6-8H,2,4H2,1H3,(H,25,26)(H,16,20,21)(H2,22,23,24)/t6-,7+,8+,33-/m0/s1. The number of alkyl halides is 2. The van der Waals surface area contributed by atoms with Crippen molar-refractivity contribution in [1.29, 1.82) is 0 Å². The first-order valence-electron chi connectivity index (χ1n) is 8.44. The third-order valence-corrected chi connectivity index (χ3v) is 9.42. The number of hydrogen-bond donors (Lipinski definition) is 4. The molecule has 0 amide bonds. The lowest BCUT2D eigenvalue weighted by Gasteiger charge is -2.26. The first-order valence-corrected chi connectivity index (χ1v) is 13.2. The number of rotatable bonds is 9. The molecule has 1 aromatic rings. The molecular formula is C11H15BF2N5O11P3. The van der Waals surface area contributed by atoms with Crippen molar-refractivity contribution in [2.45, 2.75) is 37.1 Å². The number of nitrogens with one attached hydrogen (secondary N) is 1. The molecule has 2 heterocycles. The molecule has 22 heteroatoms. The number of aromatic amines is 1. The Hall–Kier alpha value is -1.64. The monoisotopic (exact) mass is 535 g/mol. The van der Waals surface area contributed by atoms with E-state index in [-0.39, 0.29) is 12.0 Å². The van der Waals surface area contributed by atoms with E-state index < -0.39 is 64.3 Å². The Labute approximate surface area is 183 Å². The lowest BCUT2D eigenvalue weighted by molar-refractivity contribution is -0.0232. The highest BCUT2D eigenvalue weighted by atomic mass is 31.3. The van der Waals surface area contributed by atoms with E-state index in [2.05, 4.69) is 18.9 Å². The van der Waals surface area contributed by atoms with Gasteiger partial charge in [0.1, 0.15) is 6.23 Å². The summed E-state index contributed by atoms with van der Waals surface area (Å²) in [5, 5.41) is -2.26. The summed E-state index contributed by atoms with van der Waals surface area (Å²) < 4.78 is 76.0. The molecule has 1 saturated heterocycles. The zero-order valence-electron chi connectivity index (χ0n) is 16.3. The molecule has 1 aliphatic heterocycles. The van der Waals surface area contributed by atoms with E-state index in [0.29, 0.717) is 0 Å². The molecule has 16 nitrogen and oxygen atoms in total. The van der Waals surface area contributed by atoms with Crippen molar-refractivity contribution in [3.63, 3.8) is 0 Å². The molecule has 0 bridgehead atoms. The van der Waals surface area contributed by atoms with E-state index in [0.717, 1.165) is 10.8 Å². The number of ether oxygens (including phenoxy) is 1. The number of azide groups is 1. The summed E-state index contributed by atoms with van der Waals surface area (Å²) in [6.45, 7) is 0.435. The fraction of sp³-hybridized carbons (Fsp3) is 0.636. The Morgan fingerprint density at radius 1 is 1.39 bits per heavy atom. The van der Waals surface area contributed by atoms with Crippen LogP contribution in [0.4, 0.5) is 8.78 Å². The van der Waals surface area contributed by atoms with Gasteiger partial charge in [-0.2, -0.15) is 8.78 Å². The van der Waals surface area contributed by atoms with Gasteiger partial charge in [0.15, 0.2) is 0 Å². The zero-order valence-corrected chi connectivity index (χ0v) is 19.0. The first-order chi connectivity index (χ1) is 14.9. The number of aryl methyl sites for hydroxylation is 1. The molecule has 2 radical (unpaired) electrons. The second-order valence-corrected chi connectivity index (χ2v) is 12.2. The van der Waals surface area contributed by atoms with Crippen LogP contribution in [0.25, 0.3) is 10.4 Å². The van der Waals surface area contributed by atoms with Crippen LogP contribution in [-0.2, 0) is 27.3 Å². The highest BCUT2D eigenvalue weighted by Gasteiger charge is 2.66. The lowest BCUT2D eigenvalue weighted by atomic mass is 10.1. The van der Waals surface area contributed by atoms with Crippen molar-refractivity contribution >= 4 is 30.2 Å². The summed E-state index contributed by atoms with van der Waals surface area (Å²) in [7, 11) is -13.5. The SMILES string of the molecule is [B][P@](=O)(OC[C@H]1O[C@@H](n2cc(C)c(=O)[nH]c2=O)C[C@@H]1N=[N+]=[N-])OP(=O)(O)C(F)(F)P(=O)(O)O. The minimum atomic E-state index is -6.62. The van der Waals surface area contributed by atoms with Gasteiger partial charge in [-0.15, -0.1) is 0 Å². The third-order valence-electron chi connectivity index (χ3n) is 4.19. The topological polar surface area (TPSA) is 243 Å². The molecule has 0 spiro atoms. The van der Waals surface area contributed by atoms with Gasteiger partial charge in [0.25, 0.3) is 13.0 Å². The number of nitrogens with zero attached hydrogens (tertiary/aromatic N) is 4. The average Bonchev–Trinajstić information content (AvgIpc) is 3.04. The Morgan fingerprint density at radius 2 is 2.00 bits per heavy atom. The second kappa shape index (κ2) is 9.55. The van der Waals surface area contributed by atoms with Crippen LogP contribution >= 0.6 is 22.7 Å². The van der Waals surface area contributed by atoms with E-state index in [4.69, 9.17) is 27.6 Å². The van der Waals surface area contributed by atoms with E-state index in [1.165, 1.54) is 6.92 Å². The molecule has 182 valence electrons. The van der Waals surface area contributed by atoms with Gasteiger partial charge in [-0.1, -0.05) is 5.11 Å². The van der Waals surface area contributed by atoms with Gasteiger partial charge in [0.2, 0.25) is 7.57 Å². The fourth-order valence-corrected chi connectivity index (χ4v) is 6.41. The summed E-state index contributed by atoms with van der Waals surface area (Å²) in [6.07, 6.45) is -1.51. The number of H-pyrrole nitrogens is 1. The van der Waals surface area contributed by atoms with Crippen LogP contribution in [0.5, 0.6) is 0 Å². The van der Waals surface area contributed by atoms with Gasteiger partial charge in [-0.3, -0.25) is 28.0 Å². The highest BCUT2D eigenvalue weighted by Crippen LogP contribution is 2.77. The smallest absolute Gasteiger partial charge is 0.352 e. The van der Waals surface area contributed by atoms with Crippen molar-refractivity contribution in [3.8, 4) is 0 Å². The quantitative estimate of drug-likeness (QED) is 0.114. The summed E-state index contributed by atoms with van der Waals surface area (Å²) in [5.74, 6) is 0. The van der Waals surface area contributed by atoms with Crippen molar-refractivity contribution in [3.05, 3.63) is 43.0 Å². The van der Waals surface area contributed by atoms with Gasteiger partial charge < -0.3 is 23.9 Å². The zero-order chi connectivity index (χ0) is 25.4. The lowest BCUT2D eigenvalue weighted by Crippen LogP contribution is -2.33. The summed E-state index contributed by atoms with van der Waals surface area (Å²) in [6, 6.07) is -1.11. The van der Waals surface area contributed by atoms with Crippen LogP contribution in [0.15, 0.2) is 20.9 Å². The van der Waals surface area contributed by atoms with Gasteiger partial charge >= 0.3 is 26.3 Å². The van der Waals surface area contributed by atoms with Gasteiger partial charge in [0, 0.05) is 23.1 Å². The predicted molar refractivity (Wildman–Crippen MR) is 105 cm³/mol. The van der Waals surface area contributed by atoms with E-state index in [1.807, 2.05) is 4.98 Å². The fourth-order valence-electron chi connectivity index (χ4n) is 2.59. The largest absolute Gasteiger partial charge is 0.444 e. The number of hydrogen-bond acceptors (Lipinski definition) is 9. The Balaban J connectivity index is 2.19. The molecule has 0 saturated carbocycles. The first kappa shape index (κ1) is 27.6. The van der Waals surface area contributed by atoms with Crippen LogP contribution < -0.4 is 11.2 Å². The maximum atomic E-state index is 13.5. The van der Waals surface area contributed by atoms with Crippen LogP contribution in [0, 0.1) is 6.92 Å². The molecular weight excluding hydrogens is 520 g/mol. The maximum Gasteiger partial charge on any atom is 0.444 e. The van der Waals surface area contributed by atoms with Crippen LogP contribution in [0.2, 0.25) is 0 Å². The summed E-state index contributed by atoms with van der Waals surface area (Å²) in [5.41, 5.74) is 7.28. The van der Waals surface area contributed by atoms with Crippen LogP contribution in [-0.4, -0.2) is 56.0 Å². The van der Waals surface area contributed by atoms with Crippen LogP contribution in [0.1, 0.15) is 18.2 Å². The Kier molecular flexibility index (Phi) is 7.99. The normalized spacial score (nSPS) is 25.1. The average molecular weight is 535 g/mol. The molecule has 1 aliphatic rings. The number of halogens is 2. The molecule has 4 N–H and O–H groups in total. The van der Waals surface area contributed by atoms with E-state index >= 15 is 0 Å². The Morgan fingerprint density at radius 3 is 2.55 bits per heavy atom. The minimum Gasteiger partial charge on any atom is -0.352 e. The highest BCUT2D eigenvalue weighted by molar-refractivity contribution is 7.86. The predicted octanol–water partition coefficient (Wildman–Crippen LogP) is 1.03.